The minimum Gasteiger partial charge on any atom is -0.380 e. The summed E-state index contributed by atoms with van der Waals surface area (Å²) in [6.45, 7) is 3.96. The molecule has 0 saturated heterocycles. The van der Waals surface area contributed by atoms with Crippen LogP contribution in [0.25, 0.3) is 0 Å². The van der Waals surface area contributed by atoms with E-state index < -0.39 is 0 Å². The molecular formula is C15H20N4O. The third kappa shape index (κ3) is 3.85. The number of anilines is 2. The quantitative estimate of drug-likeness (QED) is 0.879. The fraction of sp³-hybridized carbons (Fsp3) is 0.333. The summed E-state index contributed by atoms with van der Waals surface area (Å²) in [5, 5.41) is 10.3. The van der Waals surface area contributed by atoms with Crippen molar-refractivity contribution in [3.8, 4) is 0 Å². The molecule has 0 unspecified atom stereocenters. The lowest BCUT2D eigenvalue weighted by Gasteiger charge is -2.14. The van der Waals surface area contributed by atoms with Gasteiger partial charge in [-0.15, -0.1) is 0 Å². The first kappa shape index (κ1) is 14.1. The molecule has 0 aliphatic rings. The number of aromatic nitrogens is 2. The second-order valence-electron chi connectivity index (χ2n) is 5.02. The lowest BCUT2D eigenvalue weighted by molar-refractivity contribution is -0.116. The van der Waals surface area contributed by atoms with E-state index in [-0.39, 0.29) is 11.9 Å². The van der Waals surface area contributed by atoms with E-state index >= 15 is 0 Å². The number of nitrogens with one attached hydrogen (secondary N) is 2. The highest BCUT2D eigenvalue weighted by Gasteiger charge is 2.10. The summed E-state index contributed by atoms with van der Waals surface area (Å²) in [4.78, 5) is 12.0. The first-order valence-electron chi connectivity index (χ1n) is 6.65. The fourth-order valence-corrected chi connectivity index (χ4v) is 2.02. The number of hydrogen-bond donors (Lipinski definition) is 2. The van der Waals surface area contributed by atoms with Crippen molar-refractivity contribution in [3.63, 3.8) is 0 Å². The van der Waals surface area contributed by atoms with Crippen LogP contribution in [0, 0.1) is 6.92 Å². The molecule has 1 heterocycles. The van der Waals surface area contributed by atoms with E-state index in [0.717, 1.165) is 16.9 Å². The average molecular weight is 272 g/mol. The minimum atomic E-state index is 0.00295. The first-order valence-corrected chi connectivity index (χ1v) is 6.65. The molecule has 1 aromatic carbocycles. The monoisotopic (exact) mass is 272 g/mol. The van der Waals surface area contributed by atoms with Crippen LogP contribution in [0.15, 0.2) is 36.7 Å². The number of benzene rings is 1. The zero-order valence-electron chi connectivity index (χ0n) is 12.1. The van der Waals surface area contributed by atoms with Crippen molar-refractivity contribution in [1.29, 1.82) is 0 Å². The number of nitrogens with zero attached hydrogens (tertiary/aromatic N) is 2. The highest BCUT2D eigenvalue weighted by molar-refractivity contribution is 5.92. The molecule has 5 nitrogen and oxygen atoms in total. The molecule has 5 heteroatoms. The van der Waals surface area contributed by atoms with Gasteiger partial charge in [0.25, 0.3) is 0 Å². The number of carbonyl (C=O) groups is 1. The second kappa shape index (κ2) is 6.23. The number of rotatable bonds is 5. The van der Waals surface area contributed by atoms with E-state index in [2.05, 4.69) is 15.7 Å². The third-order valence-corrected chi connectivity index (χ3v) is 3.03. The van der Waals surface area contributed by atoms with Crippen LogP contribution in [0.4, 0.5) is 11.4 Å². The van der Waals surface area contributed by atoms with Gasteiger partial charge >= 0.3 is 0 Å². The van der Waals surface area contributed by atoms with E-state index in [0.29, 0.717) is 6.42 Å². The van der Waals surface area contributed by atoms with Crippen LogP contribution in [0.5, 0.6) is 0 Å². The predicted molar refractivity (Wildman–Crippen MR) is 80.7 cm³/mol. The zero-order valence-corrected chi connectivity index (χ0v) is 12.1. The van der Waals surface area contributed by atoms with Gasteiger partial charge in [-0.1, -0.05) is 18.2 Å². The van der Waals surface area contributed by atoms with Gasteiger partial charge < -0.3 is 10.6 Å². The summed E-state index contributed by atoms with van der Waals surface area (Å²) in [5.74, 6) is 0.00295. The predicted octanol–water partition coefficient (Wildman–Crippen LogP) is 2.56. The van der Waals surface area contributed by atoms with Crippen LogP contribution in [0.2, 0.25) is 0 Å². The molecule has 0 spiro atoms. The van der Waals surface area contributed by atoms with E-state index in [9.17, 15) is 4.79 Å². The third-order valence-electron chi connectivity index (χ3n) is 3.03. The van der Waals surface area contributed by atoms with Gasteiger partial charge in [0.05, 0.1) is 11.9 Å². The maximum Gasteiger partial charge on any atom is 0.226 e. The molecule has 0 bridgehead atoms. The number of carbonyl (C=O) groups excluding carboxylic acids is 1. The van der Waals surface area contributed by atoms with Crippen LogP contribution in [0.3, 0.4) is 0 Å². The van der Waals surface area contributed by atoms with Gasteiger partial charge in [-0.25, -0.2) is 0 Å². The lowest BCUT2D eigenvalue weighted by atomic mass is 10.2. The topological polar surface area (TPSA) is 59.0 Å². The summed E-state index contributed by atoms with van der Waals surface area (Å²) in [6.07, 6.45) is 4.04. The fourth-order valence-electron chi connectivity index (χ4n) is 2.02. The second-order valence-corrected chi connectivity index (χ2v) is 5.02. The van der Waals surface area contributed by atoms with Crippen LogP contribution in [-0.4, -0.2) is 21.7 Å². The molecule has 0 fully saturated rings. The van der Waals surface area contributed by atoms with Crippen molar-refractivity contribution in [2.24, 2.45) is 7.05 Å². The Hall–Kier alpha value is -2.30. The number of hydrogen-bond acceptors (Lipinski definition) is 3. The Balaban J connectivity index is 1.86. The van der Waals surface area contributed by atoms with E-state index in [1.807, 2.05) is 51.4 Å². The summed E-state index contributed by atoms with van der Waals surface area (Å²) in [6, 6.07) is 7.81. The molecule has 0 aliphatic carbocycles. The maximum atomic E-state index is 12.0. The molecular weight excluding hydrogens is 252 g/mol. The van der Waals surface area contributed by atoms with Gasteiger partial charge in [0, 0.05) is 31.4 Å². The summed E-state index contributed by atoms with van der Waals surface area (Å²) >= 11 is 0. The Morgan fingerprint density at radius 2 is 2.15 bits per heavy atom. The Morgan fingerprint density at radius 1 is 1.40 bits per heavy atom. The Morgan fingerprint density at radius 3 is 2.80 bits per heavy atom. The smallest absolute Gasteiger partial charge is 0.226 e. The molecule has 0 aliphatic heterocycles. The number of aryl methyl sites for hydroxylation is 2. The molecule has 1 amide bonds. The number of para-hydroxylation sites is 1. The molecule has 2 aromatic rings. The highest BCUT2D eigenvalue weighted by Crippen LogP contribution is 2.14. The van der Waals surface area contributed by atoms with Gasteiger partial charge in [0.1, 0.15) is 0 Å². The van der Waals surface area contributed by atoms with Crippen molar-refractivity contribution in [1.82, 2.24) is 9.78 Å². The summed E-state index contributed by atoms with van der Waals surface area (Å²) in [5.41, 5.74) is 2.85. The van der Waals surface area contributed by atoms with Crippen molar-refractivity contribution in [3.05, 3.63) is 42.2 Å². The first-order chi connectivity index (χ1) is 9.54. The lowest BCUT2D eigenvalue weighted by Crippen LogP contribution is -2.23. The molecule has 106 valence electrons. The SMILES string of the molecule is Cc1ccccc1NC(=O)C[C@H](C)Nc1cnn(C)c1. The molecule has 1 aromatic heterocycles. The van der Waals surface area contributed by atoms with Gasteiger partial charge in [-0.3, -0.25) is 9.48 Å². The van der Waals surface area contributed by atoms with Crippen molar-refractivity contribution in [2.75, 3.05) is 10.6 Å². The molecule has 1 atom stereocenters. The van der Waals surface area contributed by atoms with Crippen molar-refractivity contribution >= 4 is 17.3 Å². The van der Waals surface area contributed by atoms with Crippen LogP contribution in [0.1, 0.15) is 18.9 Å². The standard InChI is InChI=1S/C15H20N4O/c1-11-6-4-5-7-14(11)18-15(20)8-12(2)17-13-9-16-19(3)10-13/h4-7,9-10,12,17H,8H2,1-3H3,(H,18,20)/t12-/m0/s1. The van der Waals surface area contributed by atoms with E-state index in [1.54, 1.807) is 10.9 Å². The van der Waals surface area contributed by atoms with Crippen LogP contribution >= 0.6 is 0 Å². The molecule has 0 saturated carbocycles. The van der Waals surface area contributed by atoms with Crippen LogP contribution < -0.4 is 10.6 Å². The van der Waals surface area contributed by atoms with Gasteiger partial charge in [0.15, 0.2) is 0 Å². The molecule has 20 heavy (non-hydrogen) atoms. The van der Waals surface area contributed by atoms with Crippen molar-refractivity contribution < 1.29 is 4.79 Å². The maximum absolute atomic E-state index is 12.0. The largest absolute Gasteiger partial charge is 0.380 e. The van der Waals surface area contributed by atoms with Crippen molar-refractivity contribution in [2.45, 2.75) is 26.3 Å². The Kier molecular flexibility index (Phi) is 4.40. The van der Waals surface area contributed by atoms with E-state index in [4.69, 9.17) is 0 Å². The van der Waals surface area contributed by atoms with Gasteiger partial charge in [-0.2, -0.15) is 5.10 Å². The highest BCUT2D eigenvalue weighted by atomic mass is 16.1. The number of amides is 1. The summed E-state index contributed by atoms with van der Waals surface area (Å²) in [7, 11) is 1.86. The Bertz CT molecular complexity index is 591. The molecule has 2 N–H and O–H groups in total. The van der Waals surface area contributed by atoms with E-state index in [1.165, 1.54) is 0 Å². The normalized spacial score (nSPS) is 11.9. The summed E-state index contributed by atoms with van der Waals surface area (Å²) < 4.78 is 1.72. The minimum absolute atomic E-state index is 0.00295. The average Bonchev–Trinajstić information content (AvgIpc) is 2.77. The van der Waals surface area contributed by atoms with Crippen LogP contribution in [-0.2, 0) is 11.8 Å². The van der Waals surface area contributed by atoms with Gasteiger partial charge in [0.2, 0.25) is 5.91 Å². The molecule has 0 radical (unpaired) electrons. The molecule has 2 rings (SSSR count). The van der Waals surface area contributed by atoms with Gasteiger partial charge in [-0.05, 0) is 25.5 Å². The Labute approximate surface area is 119 Å². The zero-order chi connectivity index (χ0) is 14.5.